The van der Waals surface area contributed by atoms with Crippen LogP contribution in [0.4, 0.5) is 0 Å². The number of carbonyl (C=O) groups excluding carboxylic acids is 1. The minimum atomic E-state index is 0.307. The average molecular weight is 431 g/mol. The standard InChI is InChI=1S/C26H42N2OS/c29-26-24-23(19-20-28(26)22-17-13-9-5-2-6-10-14-18-22)27-25(30-24)21-15-11-7-3-1-4-8-12-16-21/h21-22H,1-20H2. The van der Waals surface area contributed by atoms with E-state index in [-0.39, 0.29) is 0 Å². The third-order valence-corrected chi connectivity index (χ3v) is 8.98. The molecular formula is C26H42N2OS. The summed E-state index contributed by atoms with van der Waals surface area (Å²) in [5, 5.41) is 1.28. The molecule has 0 aromatic carbocycles. The second kappa shape index (κ2) is 11.6. The molecule has 1 aromatic heterocycles. The van der Waals surface area contributed by atoms with Crippen LogP contribution in [0, 0.1) is 0 Å². The second-order valence-electron chi connectivity index (χ2n) is 10.0. The molecule has 3 aliphatic rings. The third kappa shape index (κ3) is 5.87. The number of fused-ring (bicyclic) bond motifs is 1. The smallest absolute Gasteiger partial charge is 0.266 e. The monoisotopic (exact) mass is 430 g/mol. The van der Waals surface area contributed by atoms with Crippen molar-refractivity contribution in [3.63, 3.8) is 0 Å². The molecule has 0 radical (unpaired) electrons. The van der Waals surface area contributed by atoms with Crippen molar-refractivity contribution in [1.82, 2.24) is 9.88 Å². The molecule has 2 fully saturated rings. The van der Waals surface area contributed by atoms with E-state index < -0.39 is 0 Å². The fourth-order valence-corrected chi connectivity index (χ4v) is 7.08. The number of hydrogen-bond acceptors (Lipinski definition) is 3. The average Bonchev–Trinajstić information content (AvgIpc) is 3.21. The van der Waals surface area contributed by atoms with E-state index in [1.54, 1.807) is 11.3 Å². The molecule has 1 amide bonds. The van der Waals surface area contributed by atoms with Gasteiger partial charge in [0.15, 0.2) is 0 Å². The van der Waals surface area contributed by atoms with Gasteiger partial charge in [0, 0.05) is 24.9 Å². The summed E-state index contributed by atoms with van der Waals surface area (Å²) in [5.41, 5.74) is 1.12. The molecule has 2 saturated carbocycles. The van der Waals surface area contributed by atoms with Gasteiger partial charge in [0.2, 0.25) is 0 Å². The van der Waals surface area contributed by atoms with E-state index in [1.807, 2.05) is 0 Å². The molecular weight excluding hydrogens is 388 g/mol. The first-order valence-electron chi connectivity index (χ1n) is 13.1. The van der Waals surface area contributed by atoms with Crippen LogP contribution in [-0.4, -0.2) is 28.4 Å². The number of amides is 1. The highest BCUT2D eigenvalue weighted by molar-refractivity contribution is 7.13. The number of nitrogens with zero attached hydrogens (tertiary/aromatic N) is 2. The van der Waals surface area contributed by atoms with Crippen LogP contribution in [-0.2, 0) is 6.42 Å². The zero-order valence-electron chi connectivity index (χ0n) is 19.0. The SMILES string of the molecule is O=C1c2sc(C3CCCCCCCCC3)nc2CCN1C1CCCCCCCCC1. The molecule has 0 spiro atoms. The summed E-state index contributed by atoms with van der Waals surface area (Å²) >= 11 is 1.76. The Bertz CT molecular complexity index is 650. The topological polar surface area (TPSA) is 33.2 Å². The Morgan fingerprint density at radius 3 is 1.77 bits per heavy atom. The summed E-state index contributed by atoms with van der Waals surface area (Å²) in [4.78, 5) is 21.8. The highest BCUT2D eigenvalue weighted by Crippen LogP contribution is 2.36. The minimum absolute atomic E-state index is 0.307. The fourth-order valence-electron chi connectivity index (χ4n) is 5.84. The lowest BCUT2D eigenvalue weighted by Gasteiger charge is -2.34. The Morgan fingerprint density at radius 1 is 0.700 bits per heavy atom. The van der Waals surface area contributed by atoms with Gasteiger partial charge < -0.3 is 4.90 Å². The largest absolute Gasteiger partial charge is 0.335 e. The molecule has 1 aromatic rings. The number of carbonyl (C=O) groups is 1. The van der Waals surface area contributed by atoms with Crippen molar-refractivity contribution in [3.05, 3.63) is 15.6 Å². The highest BCUT2D eigenvalue weighted by atomic mass is 32.1. The van der Waals surface area contributed by atoms with Crippen molar-refractivity contribution in [2.24, 2.45) is 0 Å². The van der Waals surface area contributed by atoms with Gasteiger partial charge in [-0.15, -0.1) is 11.3 Å². The van der Waals surface area contributed by atoms with Crippen LogP contribution in [0.15, 0.2) is 0 Å². The van der Waals surface area contributed by atoms with Crippen LogP contribution in [0.2, 0.25) is 0 Å². The van der Waals surface area contributed by atoms with Gasteiger partial charge in [-0.1, -0.05) is 89.9 Å². The van der Waals surface area contributed by atoms with E-state index in [9.17, 15) is 4.79 Å². The van der Waals surface area contributed by atoms with Crippen molar-refractivity contribution in [2.45, 2.75) is 134 Å². The minimum Gasteiger partial charge on any atom is -0.335 e. The Morgan fingerprint density at radius 2 is 1.20 bits per heavy atom. The quantitative estimate of drug-likeness (QED) is 0.483. The zero-order valence-corrected chi connectivity index (χ0v) is 19.8. The van der Waals surface area contributed by atoms with E-state index >= 15 is 0 Å². The lowest BCUT2D eigenvalue weighted by atomic mass is 9.92. The Labute approximate surface area is 188 Å². The maximum atomic E-state index is 13.5. The lowest BCUT2D eigenvalue weighted by molar-refractivity contribution is 0.0636. The molecule has 0 unspecified atom stereocenters. The Balaban J connectivity index is 1.44. The van der Waals surface area contributed by atoms with Gasteiger partial charge in [-0.05, 0) is 25.7 Å². The van der Waals surface area contributed by atoms with Crippen molar-refractivity contribution >= 4 is 17.2 Å². The molecule has 168 valence electrons. The predicted molar refractivity (Wildman–Crippen MR) is 126 cm³/mol. The van der Waals surface area contributed by atoms with E-state index in [4.69, 9.17) is 4.98 Å². The number of aromatic nitrogens is 1. The fraction of sp³-hybridized carbons (Fsp3) is 0.846. The van der Waals surface area contributed by atoms with Gasteiger partial charge in [0.1, 0.15) is 4.88 Å². The molecule has 0 N–H and O–H groups in total. The van der Waals surface area contributed by atoms with Crippen molar-refractivity contribution in [2.75, 3.05) is 6.54 Å². The summed E-state index contributed by atoms with van der Waals surface area (Å²) in [6, 6.07) is 0.461. The van der Waals surface area contributed by atoms with E-state index in [0.29, 0.717) is 17.9 Å². The van der Waals surface area contributed by atoms with E-state index in [1.165, 1.54) is 121 Å². The molecule has 0 bridgehead atoms. The highest BCUT2D eigenvalue weighted by Gasteiger charge is 2.33. The van der Waals surface area contributed by atoms with Crippen molar-refractivity contribution in [3.8, 4) is 0 Å². The molecule has 0 atom stereocenters. The summed E-state index contributed by atoms with van der Waals surface area (Å²) in [6.07, 6.45) is 25.0. The summed E-state index contributed by atoms with van der Waals surface area (Å²) in [6.45, 7) is 0.893. The summed E-state index contributed by atoms with van der Waals surface area (Å²) < 4.78 is 0. The first kappa shape index (κ1) is 22.3. The van der Waals surface area contributed by atoms with Crippen LogP contribution >= 0.6 is 11.3 Å². The molecule has 4 rings (SSSR count). The molecule has 1 aliphatic heterocycles. The van der Waals surface area contributed by atoms with Crippen LogP contribution in [0.3, 0.4) is 0 Å². The van der Waals surface area contributed by atoms with Gasteiger partial charge in [-0.2, -0.15) is 0 Å². The zero-order chi connectivity index (χ0) is 20.6. The maximum absolute atomic E-state index is 13.5. The lowest BCUT2D eigenvalue weighted by Crippen LogP contribution is -2.44. The van der Waals surface area contributed by atoms with Gasteiger partial charge in [-0.25, -0.2) is 4.98 Å². The summed E-state index contributed by atoms with van der Waals surface area (Å²) in [7, 11) is 0. The van der Waals surface area contributed by atoms with Gasteiger partial charge in [-0.3, -0.25) is 4.79 Å². The molecule has 4 heteroatoms. The Hall–Kier alpha value is -0.900. The number of thiazole rings is 1. The first-order valence-corrected chi connectivity index (χ1v) is 13.9. The predicted octanol–water partition coefficient (Wildman–Crippen LogP) is 7.64. The first-order chi connectivity index (χ1) is 14.8. The maximum Gasteiger partial charge on any atom is 0.266 e. The molecule has 2 aliphatic carbocycles. The second-order valence-corrected chi connectivity index (χ2v) is 11.1. The van der Waals surface area contributed by atoms with Crippen LogP contribution in [0.5, 0.6) is 0 Å². The Kier molecular flexibility index (Phi) is 8.65. The van der Waals surface area contributed by atoms with E-state index in [0.717, 1.165) is 23.5 Å². The van der Waals surface area contributed by atoms with Crippen molar-refractivity contribution < 1.29 is 4.79 Å². The van der Waals surface area contributed by atoms with Gasteiger partial charge >= 0.3 is 0 Å². The normalized spacial score (nSPS) is 24.4. The molecule has 0 saturated heterocycles. The number of rotatable bonds is 2. The van der Waals surface area contributed by atoms with Crippen LogP contribution < -0.4 is 0 Å². The van der Waals surface area contributed by atoms with Crippen LogP contribution in [0.1, 0.15) is 142 Å². The summed E-state index contributed by atoms with van der Waals surface area (Å²) in [5.74, 6) is 0.899. The van der Waals surface area contributed by atoms with E-state index in [2.05, 4.69) is 4.90 Å². The van der Waals surface area contributed by atoms with Crippen LogP contribution in [0.25, 0.3) is 0 Å². The van der Waals surface area contributed by atoms with Crippen molar-refractivity contribution in [1.29, 1.82) is 0 Å². The molecule has 3 nitrogen and oxygen atoms in total. The third-order valence-electron chi connectivity index (χ3n) is 7.73. The van der Waals surface area contributed by atoms with Gasteiger partial charge in [0.05, 0.1) is 10.7 Å². The molecule has 2 heterocycles. The van der Waals surface area contributed by atoms with Gasteiger partial charge in [0.25, 0.3) is 5.91 Å². The molecule has 30 heavy (non-hydrogen) atoms. The number of hydrogen-bond donors (Lipinski definition) is 0.